The van der Waals surface area contributed by atoms with Crippen molar-refractivity contribution in [1.29, 1.82) is 0 Å². The number of nitrogens with two attached hydrogens (primary N) is 1. The van der Waals surface area contributed by atoms with Crippen LogP contribution in [0.25, 0.3) is 0 Å². The van der Waals surface area contributed by atoms with E-state index in [2.05, 4.69) is 4.90 Å². The summed E-state index contributed by atoms with van der Waals surface area (Å²) in [5.41, 5.74) is 5.57. The SMILES string of the molecule is CN(CC1CCCN1C)C(=O)c1cc(F)c(F)cc1N. The molecule has 4 nitrogen and oxygen atoms in total. The summed E-state index contributed by atoms with van der Waals surface area (Å²) in [4.78, 5) is 16.0. The summed E-state index contributed by atoms with van der Waals surface area (Å²) < 4.78 is 26.3. The molecule has 1 unspecified atom stereocenters. The van der Waals surface area contributed by atoms with E-state index in [1.165, 1.54) is 4.90 Å². The summed E-state index contributed by atoms with van der Waals surface area (Å²) in [6.45, 7) is 1.56. The third kappa shape index (κ3) is 2.90. The van der Waals surface area contributed by atoms with Crippen LogP contribution >= 0.6 is 0 Å². The highest BCUT2D eigenvalue weighted by Crippen LogP contribution is 2.20. The second-order valence-corrected chi connectivity index (χ2v) is 5.32. The zero-order valence-electron chi connectivity index (χ0n) is 11.7. The Morgan fingerprint density at radius 3 is 2.70 bits per heavy atom. The van der Waals surface area contributed by atoms with E-state index in [0.29, 0.717) is 12.6 Å². The van der Waals surface area contributed by atoms with Crippen LogP contribution in [0.3, 0.4) is 0 Å². The number of nitrogens with zero attached hydrogens (tertiary/aromatic N) is 2. The third-order valence-corrected chi connectivity index (χ3v) is 3.83. The quantitative estimate of drug-likeness (QED) is 0.859. The molecule has 2 rings (SSSR count). The Bertz CT molecular complexity index is 521. The maximum absolute atomic E-state index is 13.2. The summed E-state index contributed by atoms with van der Waals surface area (Å²) >= 11 is 0. The lowest BCUT2D eigenvalue weighted by molar-refractivity contribution is 0.0762. The van der Waals surface area contributed by atoms with Gasteiger partial charge in [0.2, 0.25) is 0 Å². The molecule has 0 bridgehead atoms. The third-order valence-electron chi connectivity index (χ3n) is 3.83. The summed E-state index contributed by atoms with van der Waals surface area (Å²) in [7, 11) is 3.66. The highest BCUT2D eigenvalue weighted by atomic mass is 19.2. The number of carbonyl (C=O) groups excluding carboxylic acids is 1. The number of amides is 1. The van der Waals surface area contributed by atoms with Crippen LogP contribution in [-0.2, 0) is 0 Å². The van der Waals surface area contributed by atoms with E-state index in [0.717, 1.165) is 31.5 Å². The van der Waals surface area contributed by atoms with Gasteiger partial charge in [-0.05, 0) is 32.5 Å². The van der Waals surface area contributed by atoms with Crippen molar-refractivity contribution < 1.29 is 13.6 Å². The average molecular weight is 283 g/mol. The van der Waals surface area contributed by atoms with Gasteiger partial charge in [-0.15, -0.1) is 0 Å². The van der Waals surface area contributed by atoms with Crippen LogP contribution in [0.5, 0.6) is 0 Å². The van der Waals surface area contributed by atoms with Crippen LogP contribution in [-0.4, -0.2) is 48.9 Å². The zero-order chi connectivity index (χ0) is 14.9. The number of anilines is 1. The number of halogens is 2. The lowest BCUT2D eigenvalue weighted by atomic mass is 10.1. The van der Waals surface area contributed by atoms with Crippen molar-refractivity contribution in [1.82, 2.24) is 9.80 Å². The summed E-state index contributed by atoms with van der Waals surface area (Å²) in [5, 5.41) is 0. The van der Waals surface area contributed by atoms with Crippen molar-refractivity contribution >= 4 is 11.6 Å². The Labute approximate surface area is 117 Å². The molecular weight excluding hydrogens is 264 g/mol. The largest absolute Gasteiger partial charge is 0.398 e. The number of nitrogen functional groups attached to an aromatic ring is 1. The van der Waals surface area contributed by atoms with E-state index in [1.807, 2.05) is 7.05 Å². The number of hydrogen-bond donors (Lipinski definition) is 1. The van der Waals surface area contributed by atoms with Crippen molar-refractivity contribution in [3.8, 4) is 0 Å². The molecule has 1 atom stereocenters. The van der Waals surface area contributed by atoms with E-state index in [-0.39, 0.29) is 17.2 Å². The van der Waals surface area contributed by atoms with Gasteiger partial charge in [-0.25, -0.2) is 8.78 Å². The first kappa shape index (κ1) is 14.7. The second-order valence-electron chi connectivity index (χ2n) is 5.32. The van der Waals surface area contributed by atoms with E-state index in [9.17, 15) is 13.6 Å². The Morgan fingerprint density at radius 1 is 1.45 bits per heavy atom. The second kappa shape index (κ2) is 5.75. The van der Waals surface area contributed by atoms with E-state index >= 15 is 0 Å². The van der Waals surface area contributed by atoms with Gasteiger partial charge in [0, 0.05) is 31.4 Å². The number of likely N-dealkylation sites (tertiary alicyclic amines) is 1. The van der Waals surface area contributed by atoms with Gasteiger partial charge in [-0.1, -0.05) is 0 Å². The van der Waals surface area contributed by atoms with Crippen molar-refractivity contribution in [2.45, 2.75) is 18.9 Å². The maximum Gasteiger partial charge on any atom is 0.255 e. The van der Waals surface area contributed by atoms with Crippen LogP contribution in [0.4, 0.5) is 14.5 Å². The van der Waals surface area contributed by atoms with Gasteiger partial charge in [0.15, 0.2) is 11.6 Å². The molecule has 0 radical (unpaired) electrons. The molecule has 0 spiro atoms. The fourth-order valence-electron chi connectivity index (χ4n) is 2.56. The topological polar surface area (TPSA) is 49.6 Å². The standard InChI is InChI=1S/C14H19F2N3O/c1-18-5-3-4-9(18)8-19(2)14(20)10-6-11(15)12(16)7-13(10)17/h6-7,9H,3-5,8,17H2,1-2H3. The minimum Gasteiger partial charge on any atom is -0.398 e. The molecule has 1 aliphatic rings. The van der Waals surface area contributed by atoms with Crippen LogP contribution in [0.15, 0.2) is 12.1 Å². The molecule has 110 valence electrons. The number of carbonyl (C=O) groups is 1. The molecule has 0 aromatic heterocycles. The molecule has 1 heterocycles. The van der Waals surface area contributed by atoms with Crippen molar-refractivity contribution in [2.24, 2.45) is 0 Å². The molecule has 1 fully saturated rings. The van der Waals surface area contributed by atoms with Crippen LogP contribution in [0.1, 0.15) is 23.2 Å². The molecule has 2 N–H and O–H groups in total. The maximum atomic E-state index is 13.2. The van der Waals surface area contributed by atoms with Gasteiger partial charge in [-0.3, -0.25) is 4.79 Å². The molecule has 1 amide bonds. The highest BCUT2D eigenvalue weighted by molar-refractivity contribution is 5.99. The first-order valence-corrected chi connectivity index (χ1v) is 6.60. The average Bonchev–Trinajstić information content (AvgIpc) is 2.78. The number of benzene rings is 1. The molecule has 6 heteroatoms. The van der Waals surface area contributed by atoms with Gasteiger partial charge in [-0.2, -0.15) is 0 Å². The van der Waals surface area contributed by atoms with Gasteiger partial charge in [0.05, 0.1) is 5.56 Å². The molecule has 1 aromatic carbocycles. The predicted octanol–water partition coefficient (Wildman–Crippen LogP) is 1.71. The van der Waals surface area contributed by atoms with E-state index < -0.39 is 11.6 Å². The smallest absolute Gasteiger partial charge is 0.255 e. The molecule has 0 saturated carbocycles. The molecule has 1 saturated heterocycles. The minimum absolute atomic E-state index is 0.00653. The summed E-state index contributed by atoms with van der Waals surface area (Å²) in [5.74, 6) is -2.49. The van der Waals surface area contributed by atoms with Gasteiger partial charge in [0.25, 0.3) is 5.91 Å². The Hall–Kier alpha value is -1.69. The minimum atomic E-state index is -1.06. The van der Waals surface area contributed by atoms with Gasteiger partial charge in [0.1, 0.15) is 0 Å². The molecule has 0 aliphatic carbocycles. The number of hydrogen-bond acceptors (Lipinski definition) is 3. The molecular formula is C14H19F2N3O. The molecule has 1 aliphatic heterocycles. The van der Waals surface area contributed by atoms with Crippen molar-refractivity contribution in [3.05, 3.63) is 29.3 Å². The molecule has 20 heavy (non-hydrogen) atoms. The zero-order valence-corrected chi connectivity index (χ0v) is 11.7. The molecule has 1 aromatic rings. The fourth-order valence-corrected chi connectivity index (χ4v) is 2.56. The van der Waals surface area contributed by atoms with Crippen LogP contribution in [0, 0.1) is 11.6 Å². The van der Waals surface area contributed by atoms with Crippen molar-refractivity contribution in [2.75, 3.05) is 32.9 Å². The van der Waals surface area contributed by atoms with Gasteiger partial charge < -0.3 is 15.5 Å². The fraction of sp³-hybridized carbons (Fsp3) is 0.500. The van der Waals surface area contributed by atoms with Crippen LogP contribution < -0.4 is 5.73 Å². The van der Waals surface area contributed by atoms with Crippen LogP contribution in [0.2, 0.25) is 0 Å². The number of rotatable bonds is 3. The first-order chi connectivity index (χ1) is 9.40. The predicted molar refractivity (Wildman–Crippen MR) is 73.4 cm³/mol. The Morgan fingerprint density at radius 2 is 2.10 bits per heavy atom. The van der Waals surface area contributed by atoms with E-state index in [1.54, 1.807) is 7.05 Å². The van der Waals surface area contributed by atoms with Crippen molar-refractivity contribution in [3.63, 3.8) is 0 Å². The van der Waals surface area contributed by atoms with E-state index in [4.69, 9.17) is 5.73 Å². The first-order valence-electron chi connectivity index (χ1n) is 6.60. The normalized spacial score (nSPS) is 19.3. The summed E-state index contributed by atoms with van der Waals surface area (Å²) in [6.07, 6.45) is 2.14. The Kier molecular flexibility index (Phi) is 4.23. The lowest BCUT2D eigenvalue weighted by Crippen LogP contribution is -2.39. The van der Waals surface area contributed by atoms with Gasteiger partial charge >= 0.3 is 0 Å². The monoisotopic (exact) mass is 283 g/mol. The number of likely N-dealkylation sites (N-methyl/N-ethyl adjacent to an activating group) is 2. The summed E-state index contributed by atoms with van der Waals surface area (Å²) in [6, 6.07) is 2.01. The Balaban J connectivity index is 2.12. The lowest BCUT2D eigenvalue weighted by Gasteiger charge is -2.26. The highest BCUT2D eigenvalue weighted by Gasteiger charge is 2.25.